The third-order valence-corrected chi connectivity index (χ3v) is 2.25. The molecule has 0 N–H and O–H groups in total. The normalized spacial score (nSPS) is 10.9. The molecule has 0 amide bonds. The molecule has 4 nitrogen and oxygen atoms in total. The first-order valence-corrected chi connectivity index (χ1v) is 5.68. The molecule has 0 unspecified atom stereocenters. The number of hydrogen-bond donors (Lipinski definition) is 0. The minimum absolute atomic E-state index is 0.622. The number of aromatic nitrogens is 1. The second-order valence-electron chi connectivity index (χ2n) is 3.47. The van der Waals surface area contributed by atoms with Crippen molar-refractivity contribution in [1.82, 2.24) is 4.57 Å². The van der Waals surface area contributed by atoms with Crippen LogP contribution in [0.3, 0.4) is 0 Å². The standard InChI is InChI=1S/C12H21NO3/c1-3-14-7-8-15-9-10-16-11-12-5-4-6-13(12)2/h4-6H,3,7-11H2,1-2H3. The fourth-order valence-corrected chi connectivity index (χ4v) is 1.31. The number of rotatable bonds is 9. The second kappa shape index (κ2) is 8.33. The highest BCUT2D eigenvalue weighted by Gasteiger charge is 1.96. The van der Waals surface area contributed by atoms with Crippen LogP contribution in [-0.4, -0.2) is 37.6 Å². The molecule has 0 saturated carbocycles. The Morgan fingerprint density at radius 3 is 2.38 bits per heavy atom. The summed E-state index contributed by atoms with van der Waals surface area (Å²) in [7, 11) is 2.01. The molecule has 92 valence electrons. The minimum atomic E-state index is 0.622. The van der Waals surface area contributed by atoms with Crippen LogP contribution in [0.4, 0.5) is 0 Å². The van der Waals surface area contributed by atoms with Gasteiger partial charge in [-0.25, -0.2) is 0 Å². The first kappa shape index (κ1) is 13.2. The Balaban J connectivity index is 1.91. The average molecular weight is 227 g/mol. The Morgan fingerprint density at radius 2 is 1.75 bits per heavy atom. The molecular weight excluding hydrogens is 206 g/mol. The summed E-state index contributed by atoms with van der Waals surface area (Å²) in [5.41, 5.74) is 1.18. The first-order chi connectivity index (χ1) is 7.84. The fraction of sp³-hybridized carbons (Fsp3) is 0.667. The average Bonchev–Trinajstić information content (AvgIpc) is 2.68. The van der Waals surface area contributed by atoms with E-state index in [1.54, 1.807) is 0 Å². The van der Waals surface area contributed by atoms with Gasteiger partial charge in [0.1, 0.15) is 0 Å². The number of aryl methyl sites for hydroxylation is 1. The maximum absolute atomic E-state index is 5.48. The van der Waals surface area contributed by atoms with E-state index in [9.17, 15) is 0 Å². The molecule has 0 saturated heterocycles. The van der Waals surface area contributed by atoms with Crippen molar-refractivity contribution < 1.29 is 14.2 Å². The summed E-state index contributed by atoms with van der Waals surface area (Å²) >= 11 is 0. The van der Waals surface area contributed by atoms with E-state index < -0.39 is 0 Å². The lowest BCUT2D eigenvalue weighted by Gasteiger charge is -2.06. The zero-order valence-electron chi connectivity index (χ0n) is 10.1. The highest BCUT2D eigenvalue weighted by molar-refractivity contribution is 5.04. The predicted molar refractivity (Wildman–Crippen MR) is 62.4 cm³/mol. The quantitative estimate of drug-likeness (QED) is 0.601. The van der Waals surface area contributed by atoms with E-state index in [2.05, 4.69) is 10.6 Å². The second-order valence-corrected chi connectivity index (χ2v) is 3.47. The predicted octanol–water partition coefficient (Wildman–Crippen LogP) is 1.59. The Morgan fingerprint density at radius 1 is 1.06 bits per heavy atom. The summed E-state index contributed by atoms with van der Waals surface area (Å²) in [6.45, 7) is 5.90. The third-order valence-electron chi connectivity index (χ3n) is 2.25. The van der Waals surface area contributed by atoms with Crippen LogP contribution in [0.5, 0.6) is 0 Å². The van der Waals surface area contributed by atoms with Gasteiger partial charge in [0.15, 0.2) is 0 Å². The van der Waals surface area contributed by atoms with Gasteiger partial charge in [0.25, 0.3) is 0 Å². The SMILES string of the molecule is CCOCCOCCOCc1cccn1C. The Bertz CT molecular complexity index is 273. The van der Waals surface area contributed by atoms with Gasteiger partial charge < -0.3 is 18.8 Å². The van der Waals surface area contributed by atoms with Gasteiger partial charge in [0.2, 0.25) is 0 Å². The lowest BCUT2D eigenvalue weighted by Crippen LogP contribution is -2.09. The van der Waals surface area contributed by atoms with Gasteiger partial charge >= 0.3 is 0 Å². The van der Waals surface area contributed by atoms with Crippen LogP contribution in [0.2, 0.25) is 0 Å². The van der Waals surface area contributed by atoms with E-state index >= 15 is 0 Å². The number of hydrogen-bond acceptors (Lipinski definition) is 3. The van der Waals surface area contributed by atoms with Crippen LogP contribution in [0.25, 0.3) is 0 Å². The van der Waals surface area contributed by atoms with Crippen molar-refractivity contribution >= 4 is 0 Å². The van der Waals surface area contributed by atoms with Gasteiger partial charge in [-0.15, -0.1) is 0 Å². The van der Waals surface area contributed by atoms with Crippen molar-refractivity contribution in [3.8, 4) is 0 Å². The zero-order chi connectivity index (χ0) is 11.6. The summed E-state index contributed by atoms with van der Waals surface area (Å²) in [6.07, 6.45) is 2.01. The lowest BCUT2D eigenvalue weighted by atomic mass is 10.4. The number of ether oxygens (including phenoxy) is 3. The van der Waals surface area contributed by atoms with E-state index in [0.717, 1.165) is 6.61 Å². The molecule has 1 rings (SSSR count). The molecule has 0 aromatic carbocycles. The fourth-order valence-electron chi connectivity index (χ4n) is 1.31. The summed E-state index contributed by atoms with van der Waals surface area (Å²) in [5.74, 6) is 0. The molecule has 0 atom stereocenters. The van der Waals surface area contributed by atoms with Crippen molar-refractivity contribution in [2.75, 3.05) is 33.0 Å². The molecular formula is C12H21NO3. The maximum Gasteiger partial charge on any atom is 0.0868 e. The van der Waals surface area contributed by atoms with Crippen molar-refractivity contribution in [3.05, 3.63) is 24.0 Å². The molecule has 0 bridgehead atoms. The van der Waals surface area contributed by atoms with Crippen LogP contribution in [0, 0.1) is 0 Å². The summed E-state index contributed by atoms with van der Waals surface area (Å²) in [5, 5.41) is 0. The van der Waals surface area contributed by atoms with Gasteiger partial charge in [-0.05, 0) is 19.1 Å². The van der Waals surface area contributed by atoms with Gasteiger partial charge in [0, 0.05) is 25.5 Å². The Labute approximate surface area is 97.1 Å². The van der Waals surface area contributed by atoms with Gasteiger partial charge in [-0.2, -0.15) is 0 Å². The summed E-state index contributed by atoms with van der Waals surface area (Å²) in [6, 6.07) is 4.06. The monoisotopic (exact) mass is 227 g/mol. The molecule has 0 radical (unpaired) electrons. The van der Waals surface area contributed by atoms with Crippen LogP contribution in [0.1, 0.15) is 12.6 Å². The molecule has 0 spiro atoms. The maximum atomic E-state index is 5.48. The van der Waals surface area contributed by atoms with E-state index in [4.69, 9.17) is 14.2 Å². The topological polar surface area (TPSA) is 32.6 Å². The van der Waals surface area contributed by atoms with E-state index in [0.29, 0.717) is 33.0 Å². The Kier molecular flexibility index (Phi) is 6.88. The van der Waals surface area contributed by atoms with Crippen LogP contribution >= 0.6 is 0 Å². The van der Waals surface area contributed by atoms with E-state index in [-0.39, 0.29) is 0 Å². The molecule has 1 aromatic rings. The lowest BCUT2D eigenvalue weighted by molar-refractivity contribution is 0.0118. The molecule has 4 heteroatoms. The van der Waals surface area contributed by atoms with Crippen LogP contribution in [-0.2, 0) is 27.9 Å². The van der Waals surface area contributed by atoms with Crippen molar-refractivity contribution in [2.24, 2.45) is 7.05 Å². The van der Waals surface area contributed by atoms with Gasteiger partial charge in [-0.1, -0.05) is 0 Å². The van der Waals surface area contributed by atoms with E-state index in [1.165, 1.54) is 5.69 Å². The molecule has 16 heavy (non-hydrogen) atoms. The molecule has 0 fully saturated rings. The highest BCUT2D eigenvalue weighted by Crippen LogP contribution is 2.00. The summed E-state index contributed by atoms with van der Waals surface area (Å²) < 4.78 is 18.0. The van der Waals surface area contributed by atoms with Crippen LogP contribution in [0.15, 0.2) is 18.3 Å². The molecule has 0 aliphatic carbocycles. The largest absolute Gasteiger partial charge is 0.379 e. The van der Waals surface area contributed by atoms with E-state index in [1.807, 2.05) is 26.2 Å². The molecule has 0 aliphatic rings. The highest BCUT2D eigenvalue weighted by atomic mass is 16.5. The Hall–Kier alpha value is -0.840. The zero-order valence-corrected chi connectivity index (χ0v) is 10.1. The first-order valence-electron chi connectivity index (χ1n) is 5.68. The van der Waals surface area contributed by atoms with Crippen LogP contribution < -0.4 is 0 Å². The van der Waals surface area contributed by atoms with Crippen molar-refractivity contribution in [1.29, 1.82) is 0 Å². The molecule has 1 aromatic heterocycles. The molecule has 1 heterocycles. The smallest absolute Gasteiger partial charge is 0.0868 e. The molecule has 0 aliphatic heterocycles. The van der Waals surface area contributed by atoms with Crippen molar-refractivity contribution in [2.45, 2.75) is 13.5 Å². The van der Waals surface area contributed by atoms with Gasteiger partial charge in [-0.3, -0.25) is 0 Å². The third kappa shape index (κ3) is 5.30. The summed E-state index contributed by atoms with van der Waals surface area (Å²) in [4.78, 5) is 0. The van der Waals surface area contributed by atoms with Gasteiger partial charge in [0.05, 0.1) is 33.0 Å². The minimum Gasteiger partial charge on any atom is -0.379 e. The number of nitrogens with zero attached hydrogens (tertiary/aromatic N) is 1. The van der Waals surface area contributed by atoms with Crippen molar-refractivity contribution in [3.63, 3.8) is 0 Å².